The Labute approximate surface area is 156 Å². The zero-order valence-electron chi connectivity index (χ0n) is 15.4. The van der Waals surface area contributed by atoms with Crippen molar-refractivity contribution < 1.29 is 13.9 Å². The molecule has 3 atom stereocenters. The summed E-state index contributed by atoms with van der Waals surface area (Å²) in [6, 6.07) is 1.31. The van der Waals surface area contributed by atoms with Crippen LogP contribution in [0.1, 0.15) is 50.5 Å². The molecule has 4 rings (SSSR count). The number of nitrogen functional groups attached to an aromatic ring is 1. The number of benzene rings is 1. The molecule has 2 aliphatic heterocycles. The van der Waals surface area contributed by atoms with Gasteiger partial charge in [-0.25, -0.2) is 4.79 Å². The van der Waals surface area contributed by atoms with Crippen molar-refractivity contribution in [1.29, 1.82) is 0 Å². The number of hydrogen-bond acceptors (Lipinski definition) is 7. The molecule has 26 heavy (non-hydrogen) atoms. The minimum atomic E-state index is -0.487. The lowest BCUT2D eigenvalue weighted by molar-refractivity contribution is 0.0812. The molecule has 2 aliphatic rings. The zero-order chi connectivity index (χ0) is 18.8. The van der Waals surface area contributed by atoms with Gasteiger partial charge in [0.2, 0.25) is 0 Å². The quantitative estimate of drug-likeness (QED) is 0.580. The number of ether oxygens (including phenoxy) is 2. The van der Waals surface area contributed by atoms with Crippen LogP contribution in [0.5, 0.6) is 11.5 Å². The molecule has 0 radical (unpaired) electrons. The van der Waals surface area contributed by atoms with Gasteiger partial charge in [0.1, 0.15) is 17.1 Å². The van der Waals surface area contributed by atoms with E-state index in [1.165, 1.54) is 18.0 Å². The molecule has 0 fully saturated rings. The molecule has 140 valence electrons. The summed E-state index contributed by atoms with van der Waals surface area (Å²) in [6.07, 6.45) is 1.66. The fourth-order valence-electron chi connectivity index (χ4n) is 3.94. The first kappa shape index (κ1) is 17.5. The number of rotatable bonds is 1. The van der Waals surface area contributed by atoms with Gasteiger partial charge in [0, 0.05) is 17.5 Å². The predicted molar refractivity (Wildman–Crippen MR) is 104 cm³/mol. The summed E-state index contributed by atoms with van der Waals surface area (Å²) in [4.78, 5) is 12.1. The van der Waals surface area contributed by atoms with Crippen LogP contribution in [0.15, 0.2) is 15.3 Å². The van der Waals surface area contributed by atoms with E-state index in [4.69, 9.17) is 24.8 Å². The van der Waals surface area contributed by atoms with Gasteiger partial charge in [0.15, 0.2) is 5.58 Å². The van der Waals surface area contributed by atoms with Gasteiger partial charge >= 0.3 is 5.63 Å². The molecule has 0 bridgehead atoms. The molecule has 0 saturated carbocycles. The van der Waals surface area contributed by atoms with Gasteiger partial charge in [-0.3, -0.25) is 5.14 Å². The van der Waals surface area contributed by atoms with Crippen LogP contribution in [-0.2, 0) is 6.42 Å². The maximum absolute atomic E-state index is 12.1. The number of nitrogens with two attached hydrogens (primary N) is 2. The van der Waals surface area contributed by atoms with Crippen LogP contribution in [0, 0.1) is 5.92 Å². The van der Waals surface area contributed by atoms with Crippen molar-refractivity contribution in [3.8, 4) is 11.5 Å². The molecule has 6 nitrogen and oxygen atoms in total. The van der Waals surface area contributed by atoms with Gasteiger partial charge in [-0.2, -0.15) is 0 Å². The van der Waals surface area contributed by atoms with Gasteiger partial charge in [0.25, 0.3) is 0 Å². The van der Waals surface area contributed by atoms with Crippen molar-refractivity contribution in [3.63, 3.8) is 0 Å². The van der Waals surface area contributed by atoms with E-state index < -0.39 is 5.63 Å². The van der Waals surface area contributed by atoms with Gasteiger partial charge in [-0.15, -0.1) is 0 Å². The second-order valence-corrected chi connectivity index (χ2v) is 8.66. The van der Waals surface area contributed by atoms with E-state index in [1.54, 1.807) is 0 Å². The summed E-state index contributed by atoms with van der Waals surface area (Å²) in [7, 11) is 0. The predicted octanol–water partition coefficient (Wildman–Crippen LogP) is 3.54. The van der Waals surface area contributed by atoms with Gasteiger partial charge < -0.3 is 19.6 Å². The van der Waals surface area contributed by atoms with Gasteiger partial charge in [0.05, 0.1) is 28.0 Å². The monoisotopic (exact) mass is 376 g/mol. The number of anilines is 1. The third-order valence-corrected chi connectivity index (χ3v) is 6.52. The second-order valence-electron chi connectivity index (χ2n) is 7.88. The third kappa shape index (κ3) is 2.48. The summed E-state index contributed by atoms with van der Waals surface area (Å²) in [5.41, 5.74) is 8.03. The van der Waals surface area contributed by atoms with Crippen molar-refractivity contribution in [2.45, 2.75) is 57.5 Å². The Morgan fingerprint density at radius 3 is 2.69 bits per heavy atom. The molecule has 2 aromatic rings. The lowest BCUT2D eigenvalue weighted by Crippen LogP contribution is -2.36. The minimum Gasteiger partial charge on any atom is -0.489 e. The Bertz CT molecular complexity index is 953. The normalized spacial score (nSPS) is 26.6. The first-order valence-corrected chi connectivity index (χ1v) is 9.81. The lowest BCUT2D eigenvalue weighted by Gasteiger charge is -2.40. The van der Waals surface area contributed by atoms with E-state index >= 15 is 0 Å². The highest BCUT2D eigenvalue weighted by molar-refractivity contribution is 7.97. The highest BCUT2D eigenvalue weighted by Crippen LogP contribution is 2.55. The molecule has 0 saturated heterocycles. The molecule has 3 unspecified atom stereocenters. The summed E-state index contributed by atoms with van der Waals surface area (Å²) in [5.74, 6) is 1.57. The summed E-state index contributed by atoms with van der Waals surface area (Å²) in [6.45, 7) is 8.21. The highest BCUT2D eigenvalue weighted by atomic mass is 32.2. The summed E-state index contributed by atoms with van der Waals surface area (Å²) < 4.78 is 18.2. The van der Waals surface area contributed by atoms with E-state index in [0.29, 0.717) is 22.4 Å². The molecule has 1 aromatic heterocycles. The fraction of sp³-hybridized carbons (Fsp3) is 0.526. The largest absolute Gasteiger partial charge is 0.489 e. The van der Waals surface area contributed by atoms with E-state index in [0.717, 1.165) is 29.7 Å². The average Bonchev–Trinajstić information content (AvgIpc) is 2.55. The molecule has 3 heterocycles. The Kier molecular flexibility index (Phi) is 3.93. The van der Waals surface area contributed by atoms with Crippen LogP contribution in [0.4, 0.5) is 5.69 Å². The standard InChI is InChI=1S/C19H24N2O4S/c1-8-9(2)23-15-10-5-6-19(3,4)25-16(10)13-11(20)7-12(22)24-17(13)14(15)18(8)26-21/h7-9,18H,5-6,20-21H2,1-4H3. The van der Waals surface area contributed by atoms with Crippen molar-refractivity contribution in [2.24, 2.45) is 11.1 Å². The Hall–Kier alpha value is -1.86. The number of fused-ring (bicyclic) bond motifs is 6. The maximum Gasteiger partial charge on any atom is 0.338 e. The smallest absolute Gasteiger partial charge is 0.338 e. The summed E-state index contributed by atoms with van der Waals surface area (Å²) >= 11 is 1.25. The van der Waals surface area contributed by atoms with Crippen LogP contribution < -0.4 is 26.0 Å². The first-order valence-electron chi connectivity index (χ1n) is 8.87. The number of hydrogen-bond donors (Lipinski definition) is 2. The molecular formula is C19H24N2O4S. The van der Waals surface area contributed by atoms with Gasteiger partial charge in [-0.1, -0.05) is 18.9 Å². The molecule has 4 N–H and O–H groups in total. The molecule has 1 aromatic carbocycles. The van der Waals surface area contributed by atoms with Crippen molar-refractivity contribution >= 4 is 28.6 Å². The Balaban J connectivity index is 2.15. The van der Waals surface area contributed by atoms with Crippen LogP contribution in [0.3, 0.4) is 0 Å². The van der Waals surface area contributed by atoms with Crippen LogP contribution in [0.2, 0.25) is 0 Å². The molecule has 0 spiro atoms. The Morgan fingerprint density at radius 2 is 2.00 bits per heavy atom. The highest BCUT2D eigenvalue weighted by Gasteiger charge is 2.41. The van der Waals surface area contributed by atoms with Gasteiger partial charge in [-0.05, 0) is 33.6 Å². The average molecular weight is 376 g/mol. The SMILES string of the molecule is CC1Oc2c3c(c4c(N)cc(=O)oc4c2C(SN)C1C)OC(C)(C)CC3. The lowest BCUT2D eigenvalue weighted by atomic mass is 9.85. The zero-order valence-corrected chi connectivity index (χ0v) is 16.2. The van der Waals surface area contributed by atoms with Crippen LogP contribution >= 0.6 is 11.9 Å². The minimum absolute atomic E-state index is 0.00665. The van der Waals surface area contributed by atoms with E-state index in [1.807, 2.05) is 20.8 Å². The fourth-order valence-corrected chi connectivity index (χ4v) is 4.75. The third-order valence-electron chi connectivity index (χ3n) is 5.56. The molecular weight excluding hydrogens is 352 g/mol. The van der Waals surface area contributed by atoms with Crippen LogP contribution in [-0.4, -0.2) is 11.7 Å². The first-order chi connectivity index (χ1) is 12.2. The topological polar surface area (TPSA) is 101 Å². The van der Waals surface area contributed by atoms with Crippen molar-refractivity contribution in [3.05, 3.63) is 27.6 Å². The molecule has 0 amide bonds. The van der Waals surface area contributed by atoms with Crippen molar-refractivity contribution in [2.75, 3.05) is 5.73 Å². The van der Waals surface area contributed by atoms with E-state index in [9.17, 15) is 4.79 Å². The Morgan fingerprint density at radius 1 is 1.27 bits per heavy atom. The molecule has 0 aliphatic carbocycles. The summed E-state index contributed by atoms with van der Waals surface area (Å²) in [5, 5.41) is 6.63. The van der Waals surface area contributed by atoms with Crippen molar-refractivity contribution in [1.82, 2.24) is 0 Å². The second kappa shape index (κ2) is 5.82. The maximum atomic E-state index is 12.1. The van der Waals surface area contributed by atoms with E-state index in [-0.39, 0.29) is 22.9 Å². The van der Waals surface area contributed by atoms with E-state index in [2.05, 4.69) is 6.92 Å². The molecule has 7 heteroatoms. The van der Waals surface area contributed by atoms with Crippen LogP contribution in [0.25, 0.3) is 11.0 Å².